The topological polar surface area (TPSA) is 0 Å². The minimum absolute atomic E-state index is 0.164. The van der Waals surface area contributed by atoms with Crippen LogP contribution < -0.4 is 0 Å². The molecule has 278 valence electrons. The summed E-state index contributed by atoms with van der Waals surface area (Å²) in [5.74, 6) is 0. The normalized spacial score (nSPS) is 12.0. The van der Waals surface area contributed by atoms with Gasteiger partial charge in [0.25, 0.3) is 0 Å². The molecule has 0 amide bonds. The maximum atomic E-state index is 2.52. The summed E-state index contributed by atoms with van der Waals surface area (Å²) in [6.07, 6.45) is 0. The summed E-state index contributed by atoms with van der Waals surface area (Å²) >= 11 is 2.05. The van der Waals surface area contributed by atoms with Gasteiger partial charge in [0, 0.05) is 0 Å². The van der Waals surface area contributed by atoms with E-state index in [9.17, 15) is 0 Å². The molecule has 0 N–H and O–H groups in total. The predicted octanol–water partition coefficient (Wildman–Crippen LogP) is 16.7. The molecule has 0 spiro atoms. The van der Waals surface area contributed by atoms with E-state index in [0.717, 1.165) is 0 Å². The quantitative estimate of drug-likeness (QED) is 0.122. The summed E-state index contributed by atoms with van der Waals surface area (Å²) in [4.78, 5) is 0. The van der Waals surface area contributed by atoms with Gasteiger partial charge in [-0.15, -0.1) is 0 Å². The molecule has 0 aliphatic carbocycles. The Morgan fingerprint density at radius 2 is 0.717 bits per heavy atom. The zero-order chi connectivity index (χ0) is 39.3. The first kappa shape index (κ1) is 34.1. The number of rotatable bonds is 4. The van der Waals surface area contributed by atoms with Gasteiger partial charge in [0.05, 0.1) is 0 Å². The van der Waals surface area contributed by atoms with Gasteiger partial charge in [0.1, 0.15) is 0 Å². The maximum absolute atomic E-state index is 2.52. The molecule has 2 aromatic heterocycles. The molecule has 0 saturated carbocycles. The van der Waals surface area contributed by atoms with Gasteiger partial charge < -0.3 is 0 Å². The SMILES string of the molecule is c1ccc(-c2c3ccccc3c(-c3cccc4[se]c5cc(-c6c7ccccc7c(-c7ccc8c(c7)sc7ccccc78)c7ccccc67)ccc5c34)c3ccccc23)cc1. The fraction of sp³-hybridized carbons (Fsp3) is 0. The van der Waals surface area contributed by atoms with E-state index in [4.69, 9.17) is 0 Å². The van der Waals surface area contributed by atoms with E-state index in [0.29, 0.717) is 0 Å². The monoisotopic (exact) mass is 842 g/mol. The van der Waals surface area contributed by atoms with Gasteiger partial charge in [0.15, 0.2) is 0 Å². The van der Waals surface area contributed by atoms with Crippen molar-refractivity contribution in [3.05, 3.63) is 206 Å². The molecule has 0 bridgehead atoms. The Morgan fingerprint density at radius 3 is 1.30 bits per heavy atom. The third kappa shape index (κ3) is 5.03. The molecular weight excluding hydrogens is 808 g/mol. The summed E-state index contributed by atoms with van der Waals surface area (Å²) in [6.45, 7) is 0. The average Bonchev–Trinajstić information content (AvgIpc) is 3.88. The van der Waals surface area contributed by atoms with E-state index in [-0.39, 0.29) is 14.5 Å². The van der Waals surface area contributed by atoms with Crippen LogP contribution >= 0.6 is 11.3 Å². The van der Waals surface area contributed by atoms with Crippen LogP contribution in [0.15, 0.2) is 206 Å². The molecule has 0 aliphatic rings. The second-order valence-corrected chi connectivity index (χ2v) is 19.2. The number of fused-ring (bicyclic) bond motifs is 10. The molecule has 11 aromatic carbocycles. The molecule has 0 unspecified atom stereocenters. The zero-order valence-electron chi connectivity index (χ0n) is 32.4. The molecule has 0 saturated heterocycles. The molecule has 0 radical (unpaired) electrons. The van der Waals surface area contributed by atoms with Gasteiger partial charge in [-0.1, -0.05) is 18.2 Å². The Balaban J connectivity index is 1.04. The first-order chi connectivity index (χ1) is 29.8. The number of benzene rings is 11. The van der Waals surface area contributed by atoms with E-state index in [1.165, 1.54) is 127 Å². The van der Waals surface area contributed by atoms with Gasteiger partial charge in [-0.3, -0.25) is 0 Å². The van der Waals surface area contributed by atoms with Gasteiger partial charge in [-0.05, 0) is 6.07 Å². The molecule has 2 heterocycles. The number of hydrogen-bond acceptors (Lipinski definition) is 1. The summed E-state index contributed by atoms with van der Waals surface area (Å²) in [6, 6.07) is 77.3. The molecular formula is C58H34SSe. The summed E-state index contributed by atoms with van der Waals surface area (Å²) in [5, 5.41) is 15.8. The fourth-order valence-electron chi connectivity index (χ4n) is 10.2. The van der Waals surface area contributed by atoms with Crippen molar-refractivity contribution in [1.29, 1.82) is 0 Å². The van der Waals surface area contributed by atoms with Crippen molar-refractivity contribution < 1.29 is 0 Å². The van der Waals surface area contributed by atoms with E-state index >= 15 is 0 Å². The molecule has 60 heavy (non-hydrogen) atoms. The predicted molar refractivity (Wildman–Crippen MR) is 263 cm³/mol. The van der Waals surface area contributed by atoms with Crippen LogP contribution in [0.1, 0.15) is 0 Å². The molecule has 0 aliphatic heterocycles. The third-order valence-electron chi connectivity index (χ3n) is 12.6. The van der Waals surface area contributed by atoms with Crippen LogP contribution in [0, 0.1) is 0 Å². The van der Waals surface area contributed by atoms with Crippen LogP contribution in [0.4, 0.5) is 0 Å². The molecule has 0 atom stereocenters. The Kier molecular flexibility index (Phi) is 7.59. The third-order valence-corrected chi connectivity index (χ3v) is 16.1. The molecule has 13 rings (SSSR count). The van der Waals surface area contributed by atoms with Gasteiger partial charge in [-0.2, -0.15) is 0 Å². The number of thiophene rings is 1. The van der Waals surface area contributed by atoms with E-state index < -0.39 is 0 Å². The molecule has 13 aromatic rings. The van der Waals surface area contributed by atoms with E-state index in [1.54, 1.807) is 0 Å². The van der Waals surface area contributed by atoms with Crippen molar-refractivity contribution in [3.63, 3.8) is 0 Å². The molecule has 0 nitrogen and oxygen atoms in total. The first-order valence-corrected chi connectivity index (χ1v) is 23.1. The molecule has 0 fully saturated rings. The summed E-state index contributed by atoms with van der Waals surface area (Å²) in [5.41, 5.74) is 10.4. The van der Waals surface area contributed by atoms with Crippen molar-refractivity contribution in [2.75, 3.05) is 0 Å². The second-order valence-electron chi connectivity index (χ2n) is 15.8. The fourth-order valence-corrected chi connectivity index (χ4v) is 13.8. The van der Waals surface area contributed by atoms with Crippen molar-refractivity contribution in [1.82, 2.24) is 0 Å². The van der Waals surface area contributed by atoms with Crippen molar-refractivity contribution in [2.24, 2.45) is 0 Å². The Morgan fingerprint density at radius 1 is 0.267 bits per heavy atom. The summed E-state index contributed by atoms with van der Waals surface area (Å²) in [7, 11) is 0. The van der Waals surface area contributed by atoms with E-state index in [2.05, 4.69) is 206 Å². The van der Waals surface area contributed by atoms with Crippen LogP contribution in [0.25, 0.3) is 127 Å². The molecule has 2 heteroatoms. The first-order valence-electron chi connectivity index (χ1n) is 20.6. The van der Waals surface area contributed by atoms with Crippen LogP contribution in [-0.2, 0) is 0 Å². The van der Waals surface area contributed by atoms with E-state index in [1.807, 2.05) is 11.3 Å². The van der Waals surface area contributed by atoms with Crippen LogP contribution in [0.5, 0.6) is 0 Å². The van der Waals surface area contributed by atoms with Gasteiger partial charge in [0.2, 0.25) is 0 Å². The summed E-state index contributed by atoms with van der Waals surface area (Å²) < 4.78 is 5.57. The van der Waals surface area contributed by atoms with Crippen molar-refractivity contribution in [3.8, 4) is 44.5 Å². The Labute approximate surface area is 357 Å². The van der Waals surface area contributed by atoms with Crippen LogP contribution in [0.2, 0.25) is 0 Å². The van der Waals surface area contributed by atoms with Crippen LogP contribution in [0.3, 0.4) is 0 Å². The zero-order valence-corrected chi connectivity index (χ0v) is 35.0. The Hall–Kier alpha value is -6.80. The Bertz CT molecular complexity index is 3770. The number of hydrogen-bond donors (Lipinski definition) is 0. The van der Waals surface area contributed by atoms with Crippen LogP contribution in [-0.4, -0.2) is 14.5 Å². The van der Waals surface area contributed by atoms with Crippen molar-refractivity contribution >= 4 is 108 Å². The van der Waals surface area contributed by atoms with Gasteiger partial charge in [-0.25, -0.2) is 0 Å². The van der Waals surface area contributed by atoms with Crippen molar-refractivity contribution in [2.45, 2.75) is 0 Å². The average molecular weight is 842 g/mol. The standard InChI is InChI=1S/C58H34SSe/c1-2-15-35(16-3-1)54-44-22-8-10-24-46(44)57(47-25-11-9-23-45(47)54)49-26-14-28-52-58(49)48-32-30-37(34-53(48)60-52)56-42-20-6-4-18-40(42)55(41-19-5-7-21-43(41)56)36-29-31-39-38-17-12-13-27-50(38)59-51(39)33-36/h1-34H. The minimum atomic E-state index is 0.164. The van der Waals surface area contributed by atoms with Gasteiger partial charge >= 0.3 is 335 Å². The second kappa shape index (κ2) is 13.4.